The molecule has 0 saturated carbocycles. The van der Waals surface area contributed by atoms with Crippen molar-refractivity contribution in [3.63, 3.8) is 0 Å². The van der Waals surface area contributed by atoms with E-state index in [0.29, 0.717) is 17.7 Å². The molecule has 1 atom stereocenters. The Bertz CT molecular complexity index is 1140. The first-order chi connectivity index (χ1) is 16.3. The maximum absolute atomic E-state index is 14.2. The van der Waals surface area contributed by atoms with Gasteiger partial charge in [0.1, 0.15) is 12.0 Å². The lowest BCUT2D eigenvalue weighted by atomic mass is 9.97. The molecule has 0 spiro atoms. The van der Waals surface area contributed by atoms with E-state index in [2.05, 4.69) is 15.5 Å². The summed E-state index contributed by atoms with van der Waals surface area (Å²) in [4.78, 5) is 2.18. The highest BCUT2D eigenvalue weighted by molar-refractivity contribution is 5.75. The molecule has 1 fully saturated rings. The Balaban J connectivity index is 1.75. The van der Waals surface area contributed by atoms with Gasteiger partial charge in [-0.05, 0) is 48.2 Å². The van der Waals surface area contributed by atoms with Crippen molar-refractivity contribution in [3.05, 3.63) is 94.3 Å². The molecule has 8 heteroatoms. The zero-order valence-corrected chi connectivity index (χ0v) is 18.9. The third-order valence-electron chi connectivity index (χ3n) is 6.25. The van der Waals surface area contributed by atoms with Crippen molar-refractivity contribution >= 4 is 11.4 Å². The second-order valence-corrected chi connectivity index (χ2v) is 8.46. The summed E-state index contributed by atoms with van der Waals surface area (Å²) in [5, 5.41) is 6.49. The molecule has 1 unspecified atom stereocenters. The van der Waals surface area contributed by atoms with Gasteiger partial charge in [-0.2, -0.15) is 13.2 Å². The van der Waals surface area contributed by atoms with Crippen LogP contribution in [-0.2, 0) is 12.6 Å². The van der Waals surface area contributed by atoms with Gasteiger partial charge in [0.15, 0.2) is 0 Å². The summed E-state index contributed by atoms with van der Waals surface area (Å²) in [5.74, 6) is -0.291. The summed E-state index contributed by atoms with van der Waals surface area (Å²) in [7, 11) is 0. The lowest BCUT2D eigenvalue weighted by Gasteiger charge is -2.33. The van der Waals surface area contributed by atoms with Crippen molar-refractivity contribution in [2.45, 2.75) is 25.7 Å². The highest BCUT2D eigenvalue weighted by atomic mass is 19.4. The van der Waals surface area contributed by atoms with Crippen LogP contribution in [0.1, 0.15) is 34.0 Å². The Labute approximate surface area is 196 Å². The molecule has 1 aliphatic rings. The molecular weight excluding hydrogens is 444 g/mol. The molecule has 4 N–H and O–H groups in total. The largest absolute Gasteiger partial charge is 0.416 e. The van der Waals surface area contributed by atoms with Crippen LogP contribution in [0.2, 0.25) is 0 Å². The quantitative estimate of drug-likeness (QED) is 0.340. The Morgan fingerprint density at radius 2 is 1.65 bits per heavy atom. The number of para-hydroxylation sites is 1. The molecule has 3 aromatic carbocycles. The smallest absolute Gasteiger partial charge is 0.367 e. The third-order valence-corrected chi connectivity index (χ3v) is 6.25. The van der Waals surface area contributed by atoms with Crippen molar-refractivity contribution in [2.75, 3.05) is 36.4 Å². The number of nitrogens with one attached hydrogen (secondary N) is 2. The Morgan fingerprint density at radius 3 is 2.38 bits per heavy atom. The molecule has 0 aliphatic carbocycles. The molecular formula is C26H28F4N4. The maximum atomic E-state index is 14.2. The van der Waals surface area contributed by atoms with Crippen molar-refractivity contribution < 1.29 is 17.6 Å². The topological polar surface area (TPSA) is 53.3 Å². The molecule has 180 valence electrons. The zero-order valence-electron chi connectivity index (χ0n) is 18.9. The molecule has 0 amide bonds. The van der Waals surface area contributed by atoms with Crippen molar-refractivity contribution in [3.8, 4) is 0 Å². The molecule has 4 rings (SSSR count). The van der Waals surface area contributed by atoms with E-state index in [9.17, 15) is 17.6 Å². The number of halogens is 4. The molecule has 1 saturated heterocycles. The number of alkyl halides is 3. The second-order valence-electron chi connectivity index (χ2n) is 8.46. The van der Waals surface area contributed by atoms with Crippen LogP contribution in [0, 0.1) is 12.7 Å². The lowest BCUT2D eigenvalue weighted by molar-refractivity contribution is -0.138. The average Bonchev–Trinajstić information content (AvgIpc) is 2.83. The minimum absolute atomic E-state index is 0.0296. The van der Waals surface area contributed by atoms with Gasteiger partial charge in [-0.3, -0.25) is 0 Å². The number of hydrogen-bond acceptors (Lipinski definition) is 4. The zero-order chi connectivity index (χ0) is 24.3. The first kappa shape index (κ1) is 24.0. The van der Waals surface area contributed by atoms with E-state index in [0.717, 1.165) is 49.1 Å². The van der Waals surface area contributed by atoms with Crippen molar-refractivity contribution in [1.29, 1.82) is 0 Å². The van der Waals surface area contributed by atoms with E-state index in [4.69, 9.17) is 5.73 Å². The summed E-state index contributed by atoms with van der Waals surface area (Å²) < 4.78 is 55.1. The summed E-state index contributed by atoms with van der Waals surface area (Å²) in [5.41, 5.74) is 9.27. The fraction of sp³-hybridized carbons (Fsp3) is 0.308. The summed E-state index contributed by atoms with van der Waals surface area (Å²) in [6, 6.07) is 16.0. The normalized spacial score (nSPS) is 15.3. The number of rotatable bonds is 6. The van der Waals surface area contributed by atoms with Gasteiger partial charge in [-0.15, -0.1) is 0 Å². The van der Waals surface area contributed by atoms with E-state index in [1.165, 1.54) is 18.2 Å². The van der Waals surface area contributed by atoms with Crippen LogP contribution in [0.4, 0.5) is 28.9 Å². The van der Waals surface area contributed by atoms with Crippen LogP contribution in [0.25, 0.3) is 0 Å². The van der Waals surface area contributed by atoms with Gasteiger partial charge >= 0.3 is 6.18 Å². The monoisotopic (exact) mass is 472 g/mol. The van der Waals surface area contributed by atoms with Crippen molar-refractivity contribution in [1.82, 2.24) is 5.32 Å². The summed E-state index contributed by atoms with van der Waals surface area (Å²) >= 11 is 0. The SMILES string of the molecule is Cc1c(F)cccc1Cc1cccc(N2CCNCC2)c1NC(N)c1ccccc1C(F)(F)F. The molecule has 0 bridgehead atoms. The molecule has 0 aromatic heterocycles. The summed E-state index contributed by atoms with van der Waals surface area (Å²) in [6.07, 6.45) is -5.19. The standard InChI is InChI=1S/C26H28F4N4/c1-17-18(6-4-10-22(17)27)16-19-7-5-11-23(34-14-12-32-13-15-34)24(19)33-25(31)20-8-2-3-9-21(20)26(28,29)30/h2-11,25,32-33H,12-16,31H2,1H3. The predicted molar refractivity (Wildman–Crippen MR) is 127 cm³/mol. The van der Waals surface area contributed by atoms with Crippen LogP contribution in [0.15, 0.2) is 60.7 Å². The summed E-state index contributed by atoms with van der Waals surface area (Å²) in [6.45, 7) is 4.84. The van der Waals surface area contributed by atoms with Gasteiger partial charge in [0.25, 0.3) is 0 Å². The fourth-order valence-corrected chi connectivity index (χ4v) is 4.38. The number of benzene rings is 3. The second kappa shape index (κ2) is 10.0. The van der Waals surface area contributed by atoms with Crippen LogP contribution < -0.4 is 21.3 Å². The van der Waals surface area contributed by atoms with E-state index in [1.807, 2.05) is 24.3 Å². The molecule has 4 nitrogen and oxygen atoms in total. The van der Waals surface area contributed by atoms with Crippen LogP contribution >= 0.6 is 0 Å². The van der Waals surface area contributed by atoms with E-state index in [-0.39, 0.29) is 11.4 Å². The van der Waals surface area contributed by atoms with Crippen molar-refractivity contribution in [2.24, 2.45) is 5.73 Å². The number of hydrogen-bond donors (Lipinski definition) is 3. The highest BCUT2D eigenvalue weighted by Crippen LogP contribution is 2.37. The molecule has 34 heavy (non-hydrogen) atoms. The van der Waals surface area contributed by atoms with Gasteiger partial charge in [-0.1, -0.05) is 42.5 Å². The lowest BCUT2D eigenvalue weighted by Crippen LogP contribution is -2.44. The molecule has 3 aromatic rings. The van der Waals surface area contributed by atoms with Crippen LogP contribution in [0.5, 0.6) is 0 Å². The van der Waals surface area contributed by atoms with Gasteiger partial charge in [0.2, 0.25) is 0 Å². The third kappa shape index (κ3) is 5.18. The number of nitrogens with two attached hydrogens (primary N) is 1. The predicted octanol–water partition coefficient (Wildman–Crippen LogP) is 5.22. The minimum Gasteiger partial charge on any atom is -0.367 e. The Hall–Kier alpha value is -3.10. The maximum Gasteiger partial charge on any atom is 0.416 e. The first-order valence-corrected chi connectivity index (χ1v) is 11.3. The molecule has 0 radical (unpaired) electrons. The fourth-order valence-electron chi connectivity index (χ4n) is 4.38. The molecule has 1 aliphatic heterocycles. The molecule has 1 heterocycles. The average molecular weight is 473 g/mol. The number of piperazine rings is 1. The van der Waals surface area contributed by atoms with E-state index < -0.39 is 17.9 Å². The van der Waals surface area contributed by atoms with E-state index in [1.54, 1.807) is 19.1 Å². The van der Waals surface area contributed by atoms with Gasteiger partial charge < -0.3 is 21.3 Å². The van der Waals surface area contributed by atoms with Gasteiger partial charge in [0, 0.05) is 31.7 Å². The highest BCUT2D eigenvalue weighted by Gasteiger charge is 2.34. The number of anilines is 2. The van der Waals surface area contributed by atoms with E-state index >= 15 is 0 Å². The van der Waals surface area contributed by atoms with Crippen LogP contribution in [0.3, 0.4) is 0 Å². The number of nitrogens with zero attached hydrogens (tertiary/aromatic N) is 1. The first-order valence-electron chi connectivity index (χ1n) is 11.3. The Kier molecular flexibility index (Phi) is 7.09. The van der Waals surface area contributed by atoms with Gasteiger partial charge in [-0.25, -0.2) is 4.39 Å². The van der Waals surface area contributed by atoms with Gasteiger partial charge in [0.05, 0.1) is 16.9 Å². The van der Waals surface area contributed by atoms with Crippen LogP contribution in [-0.4, -0.2) is 26.2 Å². The minimum atomic E-state index is -4.52. The Morgan fingerprint density at radius 1 is 0.971 bits per heavy atom.